The van der Waals surface area contributed by atoms with Crippen LogP contribution in [0.5, 0.6) is 5.88 Å². The maximum atomic E-state index is 14.4. The summed E-state index contributed by atoms with van der Waals surface area (Å²) in [5.74, 6) is -0.118. The highest BCUT2D eigenvalue weighted by molar-refractivity contribution is 7.92. The smallest absolute Gasteiger partial charge is 0.264 e. The molecule has 0 fully saturated rings. The van der Waals surface area contributed by atoms with Crippen LogP contribution in [0.4, 0.5) is 16.0 Å². The van der Waals surface area contributed by atoms with Crippen molar-refractivity contribution >= 4 is 21.7 Å². The van der Waals surface area contributed by atoms with E-state index in [2.05, 4.69) is 33.9 Å². The number of nitrogens with zero attached hydrogens (tertiary/aromatic N) is 2. The van der Waals surface area contributed by atoms with Gasteiger partial charge in [-0.05, 0) is 42.7 Å². The summed E-state index contributed by atoms with van der Waals surface area (Å²) in [6.07, 6.45) is 0.799. The first-order chi connectivity index (χ1) is 14.8. The Balaban J connectivity index is 1.82. The number of aromatic nitrogens is 2. The van der Waals surface area contributed by atoms with Crippen LogP contribution in [0.2, 0.25) is 0 Å². The predicted octanol–water partition coefficient (Wildman–Crippen LogP) is 4.30. The van der Waals surface area contributed by atoms with Gasteiger partial charge in [0.2, 0.25) is 11.8 Å². The minimum absolute atomic E-state index is 0.0729. The van der Waals surface area contributed by atoms with Crippen LogP contribution in [-0.2, 0) is 10.0 Å². The molecule has 162 valence electrons. The van der Waals surface area contributed by atoms with Crippen LogP contribution in [0.3, 0.4) is 0 Å². The number of fused-ring (bicyclic) bond motifs is 4. The van der Waals surface area contributed by atoms with Gasteiger partial charge in [-0.1, -0.05) is 32.0 Å². The minimum Gasteiger partial charge on any atom is -0.475 e. The van der Waals surface area contributed by atoms with Crippen LogP contribution in [0.15, 0.2) is 59.5 Å². The van der Waals surface area contributed by atoms with Crippen LogP contribution in [0.25, 0.3) is 11.3 Å². The van der Waals surface area contributed by atoms with Crippen LogP contribution in [0, 0.1) is 11.7 Å². The molecule has 1 aromatic heterocycles. The number of rotatable bonds is 3. The molecule has 3 aromatic rings. The number of hydrogen-bond acceptors (Lipinski definition) is 6. The number of halogens is 1. The van der Waals surface area contributed by atoms with Crippen molar-refractivity contribution in [1.29, 1.82) is 0 Å². The Labute approximate surface area is 180 Å². The molecule has 0 spiro atoms. The van der Waals surface area contributed by atoms with Crippen molar-refractivity contribution in [1.82, 2.24) is 9.97 Å². The van der Waals surface area contributed by atoms with E-state index in [1.165, 1.54) is 18.2 Å². The first-order valence-electron chi connectivity index (χ1n) is 9.96. The molecule has 9 heteroatoms. The second-order valence-corrected chi connectivity index (χ2v) is 9.49. The van der Waals surface area contributed by atoms with E-state index in [0.29, 0.717) is 18.2 Å². The highest BCUT2D eigenvalue weighted by Gasteiger charge is 2.21. The molecular formula is C22H23FN4O3S. The van der Waals surface area contributed by atoms with Crippen molar-refractivity contribution in [3.63, 3.8) is 0 Å². The highest BCUT2D eigenvalue weighted by atomic mass is 32.2. The molecule has 4 bridgehead atoms. The molecule has 31 heavy (non-hydrogen) atoms. The molecular weight excluding hydrogens is 419 g/mol. The first-order valence-corrected chi connectivity index (χ1v) is 11.4. The van der Waals surface area contributed by atoms with Gasteiger partial charge in [-0.25, -0.2) is 22.5 Å². The maximum absolute atomic E-state index is 14.4. The number of nitrogens with one attached hydrogen (secondary N) is 2. The zero-order valence-electron chi connectivity index (χ0n) is 17.2. The van der Waals surface area contributed by atoms with E-state index in [0.717, 1.165) is 6.42 Å². The van der Waals surface area contributed by atoms with Gasteiger partial charge in [0.25, 0.3) is 10.0 Å². The van der Waals surface area contributed by atoms with E-state index in [1.54, 1.807) is 30.3 Å². The number of hydrogen-bond donors (Lipinski definition) is 2. The Kier molecular flexibility index (Phi) is 5.77. The monoisotopic (exact) mass is 442 g/mol. The molecule has 4 rings (SSSR count). The molecule has 1 aliphatic heterocycles. The summed E-state index contributed by atoms with van der Waals surface area (Å²) >= 11 is 0. The molecule has 0 aliphatic carbocycles. The fourth-order valence-electron chi connectivity index (χ4n) is 3.44. The molecule has 7 nitrogen and oxygen atoms in total. The summed E-state index contributed by atoms with van der Waals surface area (Å²) in [6.45, 7) is 4.49. The van der Waals surface area contributed by atoms with Gasteiger partial charge in [0, 0.05) is 17.3 Å². The van der Waals surface area contributed by atoms with Crippen molar-refractivity contribution in [3.8, 4) is 17.1 Å². The molecule has 0 unspecified atom stereocenters. The Hall–Kier alpha value is -3.20. The number of ether oxygens (including phenoxy) is 1. The zero-order valence-corrected chi connectivity index (χ0v) is 18.0. The highest BCUT2D eigenvalue weighted by Crippen LogP contribution is 2.27. The van der Waals surface area contributed by atoms with Gasteiger partial charge in [0.05, 0.1) is 16.6 Å². The largest absolute Gasteiger partial charge is 0.475 e. The van der Waals surface area contributed by atoms with Gasteiger partial charge in [-0.2, -0.15) is 4.98 Å². The quantitative estimate of drug-likeness (QED) is 0.628. The molecule has 2 N–H and O–H groups in total. The van der Waals surface area contributed by atoms with Gasteiger partial charge in [0.1, 0.15) is 12.4 Å². The lowest BCUT2D eigenvalue weighted by molar-refractivity contribution is 0.271. The summed E-state index contributed by atoms with van der Waals surface area (Å²) in [5, 5.41) is 3.35. The fraction of sp³-hybridized carbons (Fsp3) is 0.273. The molecule has 1 atom stereocenters. The predicted molar refractivity (Wildman–Crippen MR) is 117 cm³/mol. The fourth-order valence-corrected chi connectivity index (χ4v) is 4.43. The van der Waals surface area contributed by atoms with Crippen molar-refractivity contribution in [2.75, 3.05) is 16.6 Å². The summed E-state index contributed by atoms with van der Waals surface area (Å²) in [5.41, 5.74) is 1.12. The lowest BCUT2D eigenvalue weighted by atomic mass is 10.0. The Bertz CT molecular complexity index is 1200. The van der Waals surface area contributed by atoms with Gasteiger partial charge < -0.3 is 10.1 Å². The second kappa shape index (κ2) is 8.50. The molecule has 1 aliphatic rings. The van der Waals surface area contributed by atoms with E-state index in [1.807, 2.05) is 6.07 Å². The average Bonchev–Trinajstić information content (AvgIpc) is 2.71. The topological polar surface area (TPSA) is 93.2 Å². The lowest BCUT2D eigenvalue weighted by Crippen LogP contribution is -2.29. The van der Waals surface area contributed by atoms with Gasteiger partial charge in [-0.15, -0.1) is 0 Å². The third-order valence-corrected chi connectivity index (χ3v) is 6.11. The number of sulfonamides is 1. The Morgan fingerprint density at radius 1 is 1.13 bits per heavy atom. The molecule has 2 aromatic carbocycles. The second-order valence-electron chi connectivity index (χ2n) is 7.81. The van der Waals surface area contributed by atoms with Crippen LogP contribution in [-0.4, -0.2) is 31.0 Å². The van der Waals surface area contributed by atoms with E-state index in [4.69, 9.17) is 4.74 Å². The van der Waals surface area contributed by atoms with Crippen LogP contribution >= 0.6 is 0 Å². The van der Waals surface area contributed by atoms with E-state index in [9.17, 15) is 12.8 Å². The SMILES string of the molecule is CC(C)C[C@@H]1COc2cc(-c3ccccc3F)nc(n2)NS(=O)(=O)c2cccc(c2)N1. The maximum Gasteiger partial charge on any atom is 0.264 e. The average molecular weight is 443 g/mol. The van der Waals surface area contributed by atoms with Crippen molar-refractivity contribution in [2.24, 2.45) is 5.92 Å². The van der Waals surface area contributed by atoms with Crippen molar-refractivity contribution in [3.05, 3.63) is 60.4 Å². The summed E-state index contributed by atoms with van der Waals surface area (Å²) in [4.78, 5) is 8.50. The number of anilines is 2. The molecule has 0 saturated heterocycles. The van der Waals surface area contributed by atoms with E-state index in [-0.39, 0.29) is 34.0 Å². The van der Waals surface area contributed by atoms with Crippen molar-refractivity contribution < 1.29 is 17.5 Å². The van der Waals surface area contributed by atoms with Gasteiger partial charge >= 0.3 is 0 Å². The van der Waals surface area contributed by atoms with Crippen LogP contribution in [0.1, 0.15) is 20.3 Å². The van der Waals surface area contributed by atoms with E-state index >= 15 is 0 Å². The van der Waals surface area contributed by atoms with Gasteiger partial charge in [-0.3, -0.25) is 0 Å². The van der Waals surface area contributed by atoms with E-state index < -0.39 is 15.8 Å². The normalized spacial score (nSPS) is 17.5. The summed E-state index contributed by atoms with van der Waals surface area (Å²) in [7, 11) is -3.96. The Morgan fingerprint density at radius 3 is 2.71 bits per heavy atom. The standard InChI is InChI=1S/C22H23FN4O3S/c1-14(2)10-16-13-30-21-12-20(18-8-3-4-9-19(18)23)25-22(26-21)27-31(28,29)17-7-5-6-15(11-17)24-16/h3-9,11-12,14,16,24H,10,13H2,1-2H3,(H,25,26,27)/t16-/m1/s1. The first kappa shape index (κ1) is 21.0. The molecule has 2 heterocycles. The number of benzene rings is 2. The molecule has 0 amide bonds. The summed E-state index contributed by atoms with van der Waals surface area (Å²) < 4.78 is 48.5. The third-order valence-electron chi connectivity index (χ3n) is 4.78. The molecule has 0 saturated carbocycles. The lowest BCUT2D eigenvalue weighted by Gasteiger charge is -2.23. The Morgan fingerprint density at radius 2 is 1.94 bits per heavy atom. The van der Waals surface area contributed by atoms with Crippen LogP contribution < -0.4 is 14.8 Å². The van der Waals surface area contributed by atoms with Gasteiger partial charge in [0.15, 0.2) is 0 Å². The zero-order chi connectivity index (χ0) is 22.0. The summed E-state index contributed by atoms with van der Waals surface area (Å²) in [6, 6.07) is 14.1. The van der Waals surface area contributed by atoms with Crippen molar-refractivity contribution in [2.45, 2.75) is 31.2 Å². The molecule has 0 radical (unpaired) electrons. The minimum atomic E-state index is -3.96. The third kappa shape index (κ3) is 4.93.